The van der Waals surface area contributed by atoms with Gasteiger partial charge in [0.25, 0.3) is 0 Å². The Hall–Kier alpha value is -2.53. The number of nitrogens with one attached hydrogen (secondary N) is 1. The molecule has 1 amide bonds. The third-order valence-corrected chi connectivity index (χ3v) is 4.58. The number of nitrogens with zero attached hydrogens (tertiary/aromatic N) is 1. The molecule has 0 aliphatic rings. The van der Waals surface area contributed by atoms with Gasteiger partial charge in [-0.1, -0.05) is 29.8 Å². The number of rotatable bonds is 4. The summed E-state index contributed by atoms with van der Waals surface area (Å²) in [5, 5.41) is 3.39. The van der Waals surface area contributed by atoms with Gasteiger partial charge in [-0.05, 0) is 49.6 Å². The Kier molecular flexibility index (Phi) is 4.68. The maximum absolute atomic E-state index is 12.4. The minimum absolute atomic E-state index is 0.108. The summed E-state index contributed by atoms with van der Waals surface area (Å²) in [6.07, 6.45) is 0. The monoisotopic (exact) mass is 358 g/mol. The summed E-state index contributed by atoms with van der Waals surface area (Å²) >= 11 is 5.90. The van der Waals surface area contributed by atoms with E-state index < -0.39 is 5.76 Å². The summed E-state index contributed by atoms with van der Waals surface area (Å²) in [7, 11) is 0. The number of benzene rings is 2. The Balaban J connectivity index is 1.77. The van der Waals surface area contributed by atoms with Crippen LogP contribution in [0, 0.1) is 13.8 Å². The maximum Gasteiger partial charge on any atom is 0.420 e. The molecule has 25 heavy (non-hydrogen) atoms. The lowest BCUT2D eigenvalue weighted by molar-refractivity contribution is -0.122. The van der Waals surface area contributed by atoms with Gasteiger partial charge in [0.15, 0.2) is 5.58 Å². The van der Waals surface area contributed by atoms with Gasteiger partial charge in [0.2, 0.25) is 5.91 Å². The molecule has 1 N–H and O–H groups in total. The molecule has 1 aromatic heterocycles. The van der Waals surface area contributed by atoms with Crippen molar-refractivity contribution in [3.05, 3.63) is 68.7 Å². The molecule has 0 unspecified atom stereocenters. The summed E-state index contributed by atoms with van der Waals surface area (Å²) in [6.45, 7) is 5.89. The van der Waals surface area contributed by atoms with Crippen molar-refractivity contribution in [2.75, 3.05) is 0 Å². The van der Waals surface area contributed by atoms with Crippen LogP contribution in [0.5, 0.6) is 0 Å². The zero-order valence-corrected chi connectivity index (χ0v) is 15.1. The topological polar surface area (TPSA) is 64.2 Å². The van der Waals surface area contributed by atoms with E-state index in [-0.39, 0.29) is 18.5 Å². The summed E-state index contributed by atoms with van der Waals surface area (Å²) in [4.78, 5) is 24.4. The van der Waals surface area contributed by atoms with Crippen LogP contribution >= 0.6 is 11.6 Å². The fraction of sp³-hybridized carbons (Fsp3) is 0.263. The lowest BCUT2D eigenvalue weighted by atomic mass is 10.0. The first-order valence-electron chi connectivity index (χ1n) is 8.00. The van der Waals surface area contributed by atoms with Gasteiger partial charge in [-0.2, -0.15) is 0 Å². The van der Waals surface area contributed by atoms with Crippen molar-refractivity contribution in [1.82, 2.24) is 9.88 Å². The van der Waals surface area contributed by atoms with Gasteiger partial charge in [0, 0.05) is 11.1 Å². The second-order valence-corrected chi connectivity index (χ2v) is 6.64. The van der Waals surface area contributed by atoms with Crippen molar-refractivity contribution in [1.29, 1.82) is 0 Å². The standard InChI is InChI=1S/C19H19ClN2O3/c1-11-4-5-14(8-12(11)2)13(3)21-18(23)10-22-16-7-6-15(20)9-17(16)25-19(22)24/h4-9,13H,10H2,1-3H3,(H,21,23)/t13-/m1/s1. The number of oxazole rings is 1. The van der Waals surface area contributed by atoms with Gasteiger partial charge in [0.05, 0.1) is 11.6 Å². The molecular formula is C19H19ClN2O3. The zero-order chi connectivity index (χ0) is 18.1. The number of carbonyl (C=O) groups is 1. The largest absolute Gasteiger partial charge is 0.420 e. The molecule has 3 rings (SSSR count). The van der Waals surface area contributed by atoms with Gasteiger partial charge in [-0.15, -0.1) is 0 Å². The number of aromatic nitrogens is 1. The summed E-state index contributed by atoms with van der Waals surface area (Å²) in [5.41, 5.74) is 4.31. The highest BCUT2D eigenvalue weighted by atomic mass is 35.5. The molecule has 0 bridgehead atoms. The van der Waals surface area contributed by atoms with Crippen LogP contribution in [-0.2, 0) is 11.3 Å². The van der Waals surface area contributed by atoms with E-state index in [4.69, 9.17) is 16.0 Å². The van der Waals surface area contributed by atoms with Crippen LogP contribution in [-0.4, -0.2) is 10.5 Å². The Bertz CT molecular complexity index is 1000. The molecule has 6 heteroatoms. The molecule has 0 spiro atoms. The van der Waals surface area contributed by atoms with Crippen molar-refractivity contribution in [2.24, 2.45) is 0 Å². The fourth-order valence-corrected chi connectivity index (χ4v) is 2.90. The Labute approximate surface area is 150 Å². The predicted molar refractivity (Wildman–Crippen MR) is 98.0 cm³/mol. The predicted octanol–water partition coefficient (Wildman–Crippen LogP) is 3.74. The van der Waals surface area contributed by atoms with Crippen molar-refractivity contribution in [3.63, 3.8) is 0 Å². The summed E-state index contributed by atoms with van der Waals surface area (Å²) in [5.74, 6) is -0.836. The molecule has 0 fully saturated rings. The highest BCUT2D eigenvalue weighted by molar-refractivity contribution is 6.31. The average molecular weight is 359 g/mol. The molecule has 0 radical (unpaired) electrons. The average Bonchev–Trinajstić information content (AvgIpc) is 2.84. The summed E-state index contributed by atoms with van der Waals surface area (Å²) < 4.78 is 6.44. The summed E-state index contributed by atoms with van der Waals surface area (Å²) in [6, 6.07) is 10.8. The molecule has 5 nitrogen and oxygen atoms in total. The highest BCUT2D eigenvalue weighted by Gasteiger charge is 2.15. The van der Waals surface area contributed by atoms with E-state index in [0.717, 1.165) is 5.56 Å². The van der Waals surface area contributed by atoms with Crippen LogP contribution in [0.3, 0.4) is 0 Å². The second-order valence-electron chi connectivity index (χ2n) is 6.20. The van der Waals surface area contributed by atoms with E-state index in [1.807, 2.05) is 32.9 Å². The van der Waals surface area contributed by atoms with Gasteiger partial charge < -0.3 is 9.73 Å². The lowest BCUT2D eigenvalue weighted by Gasteiger charge is -2.16. The van der Waals surface area contributed by atoms with E-state index in [0.29, 0.717) is 16.1 Å². The van der Waals surface area contributed by atoms with Crippen molar-refractivity contribution >= 4 is 28.6 Å². The van der Waals surface area contributed by atoms with Gasteiger partial charge in [-0.25, -0.2) is 4.79 Å². The molecule has 1 heterocycles. The van der Waals surface area contributed by atoms with E-state index >= 15 is 0 Å². The molecule has 0 saturated carbocycles. The molecule has 3 aromatic rings. The lowest BCUT2D eigenvalue weighted by Crippen LogP contribution is -2.32. The number of halogens is 1. The Morgan fingerprint density at radius 1 is 1.20 bits per heavy atom. The minimum Gasteiger partial charge on any atom is -0.408 e. The molecule has 2 aromatic carbocycles. The fourth-order valence-electron chi connectivity index (χ4n) is 2.74. The van der Waals surface area contributed by atoms with E-state index in [2.05, 4.69) is 11.4 Å². The number of amides is 1. The quantitative estimate of drug-likeness (QED) is 0.772. The molecular weight excluding hydrogens is 340 g/mol. The van der Waals surface area contributed by atoms with Crippen LogP contribution in [0.25, 0.3) is 11.1 Å². The third kappa shape index (κ3) is 3.61. The molecule has 0 aliphatic heterocycles. The molecule has 1 atom stereocenters. The van der Waals surface area contributed by atoms with Crippen LogP contribution in [0.1, 0.15) is 29.7 Å². The number of carbonyl (C=O) groups excluding carboxylic acids is 1. The second kappa shape index (κ2) is 6.76. The number of hydrogen-bond acceptors (Lipinski definition) is 3. The first-order valence-corrected chi connectivity index (χ1v) is 8.38. The van der Waals surface area contributed by atoms with Crippen LogP contribution in [0.2, 0.25) is 5.02 Å². The number of hydrogen-bond donors (Lipinski definition) is 1. The van der Waals surface area contributed by atoms with Gasteiger partial charge in [-0.3, -0.25) is 9.36 Å². The third-order valence-electron chi connectivity index (χ3n) is 4.34. The van der Waals surface area contributed by atoms with E-state index in [1.54, 1.807) is 18.2 Å². The van der Waals surface area contributed by atoms with Crippen LogP contribution < -0.4 is 11.1 Å². The van der Waals surface area contributed by atoms with Crippen molar-refractivity contribution in [2.45, 2.75) is 33.4 Å². The Morgan fingerprint density at radius 3 is 2.68 bits per heavy atom. The normalized spacial score (nSPS) is 12.3. The molecule has 0 saturated heterocycles. The van der Waals surface area contributed by atoms with Crippen molar-refractivity contribution in [3.8, 4) is 0 Å². The molecule has 130 valence electrons. The SMILES string of the molecule is Cc1ccc([C@@H](C)NC(=O)Cn2c(=O)oc3cc(Cl)ccc32)cc1C. The van der Waals surface area contributed by atoms with E-state index in [9.17, 15) is 9.59 Å². The van der Waals surface area contributed by atoms with Gasteiger partial charge in [0.1, 0.15) is 6.54 Å². The number of fused-ring (bicyclic) bond motifs is 1. The van der Waals surface area contributed by atoms with Crippen molar-refractivity contribution < 1.29 is 9.21 Å². The highest BCUT2D eigenvalue weighted by Crippen LogP contribution is 2.19. The smallest absolute Gasteiger partial charge is 0.408 e. The molecule has 0 aliphatic carbocycles. The first-order chi connectivity index (χ1) is 11.8. The van der Waals surface area contributed by atoms with Gasteiger partial charge >= 0.3 is 5.76 Å². The number of aryl methyl sites for hydroxylation is 2. The van der Waals surface area contributed by atoms with Crippen LogP contribution in [0.4, 0.5) is 0 Å². The minimum atomic E-state index is -0.578. The first kappa shape index (κ1) is 17.3. The van der Waals surface area contributed by atoms with Crippen LogP contribution in [0.15, 0.2) is 45.6 Å². The Morgan fingerprint density at radius 2 is 1.96 bits per heavy atom. The van der Waals surface area contributed by atoms with E-state index in [1.165, 1.54) is 15.7 Å². The zero-order valence-electron chi connectivity index (χ0n) is 14.3. The maximum atomic E-state index is 12.4.